The predicted octanol–water partition coefficient (Wildman–Crippen LogP) is 2.71. The molecule has 1 aliphatic rings. The van der Waals surface area contributed by atoms with Crippen LogP contribution in [0.15, 0.2) is 18.2 Å². The van der Waals surface area contributed by atoms with Gasteiger partial charge in [-0.25, -0.2) is 0 Å². The first kappa shape index (κ1) is 13.6. The minimum absolute atomic E-state index is 0.0373. The monoisotopic (exact) mass is 262 g/mol. The van der Waals surface area contributed by atoms with Gasteiger partial charge in [-0.2, -0.15) is 0 Å². The summed E-state index contributed by atoms with van der Waals surface area (Å²) in [6.07, 6.45) is 1.07. The van der Waals surface area contributed by atoms with Crippen molar-refractivity contribution in [3.05, 3.63) is 29.3 Å². The molecule has 0 fully saturated rings. The van der Waals surface area contributed by atoms with E-state index in [0.29, 0.717) is 12.2 Å². The number of hydrogen-bond donors (Lipinski definition) is 0. The van der Waals surface area contributed by atoms with Crippen LogP contribution in [0.4, 0.5) is 0 Å². The number of carbonyl (C=O) groups excluding carboxylic acids is 2. The molecule has 0 spiro atoms. The first-order valence-corrected chi connectivity index (χ1v) is 6.33. The second-order valence-corrected chi connectivity index (χ2v) is 5.71. The summed E-state index contributed by atoms with van der Waals surface area (Å²) < 4.78 is 10.8. The van der Waals surface area contributed by atoms with Crippen LogP contribution >= 0.6 is 0 Å². The van der Waals surface area contributed by atoms with Crippen molar-refractivity contribution in [2.75, 3.05) is 6.61 Å². The van der Waals surface area contributed by atoms with Crippen LogP contribution in [-0.4, -0.2) is 24.5 Å². The summed E-state index contributed by atoms with van der Waals surface area (Å²) in [5.41, 5.74) is 1.03. The van der Waals surface area contributed by atoms with E-state index in [1.165, 1.54) is 0 Å². The molecule has 1 aromatic carbocycles. The highest BCUT2D eigenvalue weighted by molar-refractivity contribution is 5.77. The van der Waals surface area contributed by atoms with Gasteiger partial charge in [0.2, 0.25) is 0 Å². The van der Waals surface area contributed by atoms with Crippen molar-refractivity contribution >= 4 is 12.3 Å². The Morgan fingerprint density at radius 1 is 1.47 bits per heavy atom. The first-order chi connectivity index (χ1) is 8.89. The third-order valence-corrected chi connectivity index (χ3v) is 2.88. The number of esters is 1. The maximum Gasteiger partial charge on any atom is 0.307 e. The van der Waals surface area contributed by atoms with E-state index in [2.05, 4.69) is 0 Å². The van der Waals surface area contributed by atoms with E-state index >= 15 is 0 Å². The average Bonchev–Trinajstić information content (AvgIpc) is 2.69. The van der Waals surface area contributed by atoms with Crippen molar-refractivity contribution < 1.29 is 19.1 Å². The van der Waals surface area contributed by atoms with Crippen molar-refractivity contribution in [1.29, 1.82) is 0 Å². The first-order valence-electron chi connectivity index (χ1n) is 6.33. The summed E-state index contributed by atoms with van der Waals surface area (Å²) in [5, 5.41) is 0. The smallest absolute Gasteiger partial charge is 0.307 e. The molecule has 4 heteroatoms. The maximum atomic E-state index is 11.8. The Hall–Kier alpha value is -1.84. The zero-order valence-corrected chi connectivity index (χ0v) is 11.4. The van der Waals surface area contributed by atoms with E-state index in [1.54, 1.807) is 18.2 Å². The van der Waals surface area contributed by atoms with Crippen LogP contribution < -0.4 is 4.74 Å². The Kier molecular flexibility index (Phi) is 3.60. The fourth-order valence-electron chi connectivity index (χ4n) is 2.12. The summed E-state index contributed by atoms with van der Waals surface area (Å²) >= 11 is 0. The van der Waals surface area contributed by atoms with Crippen molar-refractivity contribution in [3.63, 3.8) is 0 Å². The molecule has 0 aromatic heterocycles. The predicted molar refractivity (Wildman–Crippen MR) is 70.5 cm³/mol. The molecule has 0 radical (unpaired) electrons. The molecule has 0 amide bonds. The van der Waals surface area contributed by atoms with Gasteiger partial charge in [-0.15, -0.1) is 0 Å². The number of carbonyl (C=O) groups is 2. The summed E-state index contributed by atoms with van der Waals surface area (Å²) in [6, 6.07) is 5.26. The normalized spacial score (nSPS) is 17.5. The Bertz CT molecular complexity index is 499. The van der Waals surface area contributed by atoms with Crippen molar-refractivity contribution in [2.24, 2.45) is 0 Å². The molecule has 0 bridgehead atoms. The Balaban J connectivity index is 2.09. The summed E-state index contributed by atoms with van der Waals surface area (Å²) in [5.74, 6) is 0.467. The van der Waals surface area contributed by atoms with Crippen molar-refractivity contribution in [3.8, 4) is 5.75 Å². The zero-order valence-electron chi connectivity index (χ0n) is 11.4. The van der Waals surface area contributed by atoms with Gasteiger partial charge >= 0.3 is 5.97 Å². The van der Waals surface area contributed by atoms with Gasteiger partial charge in [0.05, 0.1) is 13.0 Å². The summed E-state index contributed by atoms with van der Waals surface area (Å²) in [4.78, 5) is 22.6. The van der Waals surface area contributed by atoms with Crippen LogP contribution in [0.2, 0.25) is 0 Å². The molecule has 0 N–H and O–H groups in total. The molecule has 1 atom stereocenters. The number of fused-ring (bicyclic) bond motifs is 1. The van der Waals surface area contributed by atoms with Gasteiger partial charge in [0, 0.05) is 17.0 Å². The topological polar surface area (TPSA) is 52.6 Å². The van der Waals surface area contributed by atoms with Gasteiger partial charge in [-0.1, -0.05) is 0 Å². The number of benzene rings is 1. The van der Waals surface area contributed by atoms with Gasteiger partial charge in [0.15, 0.2) is 0 Å². The highest BCUT2D eigenvalue weighted by Gasteiger charge is 2.28. The molecule has 0 saturated carbocycles. The van der Waals surface area contributed by atoms with Gasteiger partial charge < -0.3 is 9.47 Å². The molecule has 102 valence electrons. The molecule has 19 heavy (non-hydrogen) atoms. The van der Waals surface area contributed by atoms with E-state index < -0.39 is 5.60 Å². The quantitative estimate of drug-likeness (QED) is 0.621. The third-order valence-electron chi connectivity index (χ3n) is 2.88. The lowest BCUT2D eigenvalue weighted by atomic mass is 9.96. The molecular weight excluding hydrogens is 244 g/mol. The molecule has 0 aliphatic carbocycles. The molecule has 4 nitrogen and oxygen atoms in total. The zero-order chi connectivity index (χ0) is 14.0. The highest BCUT2D eigenvalue weighted by Crippen LogP contribution is 2.36. The van der Waals surface area contributed by atoms with Crippen molar-refractivity contribution in [1.82, 2.24) is 0 Å². The van der Waals surface area contributed by atoms with Crippen molar-refractivity contribution in [2.45, 2.75) is 38.7 Å². The maximum absolute atomic E-state index is 11.8. The number of hydrogen-bond acceptors (Lipinski definition) is 4. The van der Waals surface area contributed by atoms with E-state index in [9.17, 15) is 9.59 Å². The Morgan fingerprint density at radius 2 is 2.21 bits per heavy atom. The molecule has 1 unspecified atom stereocenters. The SMILES string of the molecule is CC(C)(C)OC(=O)CC1COc2ccc(C=O)cc21. The number of rotatable bonds is 3. The second kappa shape index (κ2) is 5.03. The van der Waals surface area contributed by atoms with Gasteiger partial charge in [0.25, 0.3) is 0 Å². The fraction of sp³-hybridized carbons (Fsp3) is 0.467. The molecule has 1 heterocycles. The number of ether oxygens (including phenoxy) is 2. The molecule has 0 saturated heterocycles. The minimum Gasteiger partial charge on any atom is -0.493 e. The van der Waals surface area contributed by atoms with E-state index in [1.807, 2.05) is 20.8 Å². The third kappa shape index (κ3) is 3.34. The van der Waals surface area contributed by atoms with E-state index in [-0.39, 0.29) is 18.3 Å². The highest BCUT2D eigenvalue weighted by atomic mass is 16.6. The molecular formula is C15H18O4. The van der Waals surface area contributed by atoms with E-state index in [4.69, 9.17) is 9.47 Å². The van der Waals surface area contributed by atoms with Crippen LogP contribution in [0, 0.1) is 0 Å². The fourth-order valence-corrected chi connectivity index (χ4v) is 2.12. The average molecular weight is 262 g/mol. The van der Waals surface area contributed by atoms with Gasteiger partial charge in [-0.3, -0.25) is 9.59 Å². The molecule has 2 rings (SSSR count). The largest absolute Gasteiger partial charge is 0.493 e. The lowest BCUT2D eigenvalue weighted by Gasteiger charge is -2.20. The Labute approximate surface area is 112 Å². The van der Waals surface area contributed by atoms with Crippen LogP contribution in [0.1, 0.15) is 49.0 Å². The van der Waals surface area contributed by atoms with Gasteiger partial charge in [0.1, 0.15) is 17.6 Å². The number of aldehydes is 1. The Morgan fingerprint density at radius 3 is 2.84 bits per heavy atom. The standard InChI is InChI=1S/C15H18O4/c1-15(2,3)19-14(17)7-11-9-18-13-5-4-10(8-16)6-12(11)13/h4-6,8,11H,7,9H2,1-3H3. The lowest BCUT2D eigenvalue weighted by Crippen LogP contribution is -2.25. The van der Waals surface area contributed by atoms with Crippen LogP contribution in [-0.2, 0) is 9.53 Å². The minimum atomic E-state index is -0.482. The lowest BCUT2D eigenvalue weighted by molar-refractivity contribution is -0.155. The molecule has 1 aromatic rings. The summed E-state index contributed by atoms with van der Waals surface area (Å²) in [6.45, 7) is 5.98. The van der Waals surface area contributed by atoms with E-state index in [0.717, 1.165) is 17.6 Å². The second-order valence-electron chi connectivity index (χ2n) is 5.71. The van der Waals surface area contributed by atoms with Crippen LogP contribution in [0.25, 0.3) is 0 Å². The van der Waals surface area contributed by atoms with Crippen LogP contribution in [0.3, 0.4) is 0 Å². The van der Waals surface area contributed by atoms with Gasteiger partial charge in [-0.05, 0) is 39.0 Å². The summed E-state index contributed by atoms with van der Waals surface area (Å²) in [7, 11) is 0. The molecule has 1 aliphatic heterocycles. The van der Waals surface area contributed by atoms with Crippen LogP contribution in [0.5, 0.6) is 5.75 Å².